The summed E-state index contributed by atoms with van der Waals surface area (Å²) in [5.41, 5.74) is 0.275. The van der Waals surface area contributed by atoms with Gasteiger partial charge in [0.15, 0.2) is 5.75 Å². The Bertz CT molecular complexity index is 1320. The minimum atomic E-state index is -4.65. The van der Waals surface area contributed by atoms with Crippen molar-refractivity contribution in [2.24, 2.45) is 0 Å². The summed E-state index contributed by atoms with van der Waals surface area (Å²) in [5.74, 6) is -0.202. The lowest BCUT2D eigenvalue weighted by atomic mass is 10.2. The van der Waals surface area contributed by atoms with Crippen molar-refractivity contribution >= 4 is 85.5 Å². The van der Waals surface area contributed by atoms with Gasteiger partial charge >= 0.3 is 6.03 Å². The van der Waals surface area contributed by atoms with Crippen molar-refractivity contribution in [3.63, 3.8) is 0 Å². The van der Waals surface area contributed by atoms with E-state index in [9.17, 15) is 17.8 Å². The number of ether oxygens (including phenoxy) is 1. The van der Waals surface area contributed by atoms with Gasteiger partial charge in [-0.25, -0.2) is 4.79 Å². The van der Waals surface area contributed by atoms with Crippen molar-refractivity contribution < 1.29 is 22.5 Å². The molecule has 2 amide bonds. The zero-order valence-corrected chi connectivity index (χ0v) is 20.1. The van der Waals surface area contributed by atoms with Crippen LogP contribution in [0.25, 0.3) is 0 Å². The Kier molecular flexibility index (Phi) is 7.67. The number of halogens is 5. The molecule has 0 bridgehead atoms. The van der Waals surface area contributed by atoms with Gasteiger partial charge in [-0.3, -0.25) is 4.55 Å². The third-order valence-electron chi connectivity index (χ3n) is 3.85. The van der Waals surface area contributed by atoms with Gasteiger partial charge in [-0.15, -0.1) is 0 Å². The average molecular weight is 557 g/mol. The molecule has 32 heavy (non-hydrogen) atoms. The number of amides is 2. The topological polar surface area (TPSA) is 105 Å². The summed E-state index contributed by atoms with van der Waals surface area (Å²) in [6.45, 7) is 0. The molecule has 0 aliphatic carbocycles. The Balaban J connectivity index is 1.90. The molecule has 0 radical (unpaired) electrons. The van der Waals surface area contributed by atoms with Gasteiger partial charge in [-0.1, -0.05) is 58.0 Å². The monoisotopic (exact) mass is 554 g/mol. The van der Waals surface area contributed by atoms with Gasteiger partial charge in [0.1, 0.15) is 10.6 Å². The van der Waals surface area contributed by atoms with Crippen LogP contribution in [0.4, 0.5) is 16.2 Å². The largest absolute Gasteiger partial charge is 0.454 e. The molecule has 3 rings (SSSR count). The molecule has 0 aliphatic rings. The minimum absolute atomic E-state index is 0.0250. The molecule has 3 N–H and O–H groups in total. The Hall–Kier alpha value is -1.91. The van der Waals surface area contributed by atoms with E-state index in [0.717, 1.165) is 6.07 Å². The van der Waals surface area contributed by atoms with E-state index in [1.54, 1.807) is 0 Å². The number of nitrogens with one attached hydrogen (secondary N) is 2. The van der Waals surface area contributed by atoms with E-state index < -0.39 is 21.0 Å². The molecule has 0 heterocycles. The molecule has 0 saturated heterocycles. The summed E-state index contributed by atoms with van der Waals surface area (Å²) in [6.07, 6.45) is 0. The number of urea groups is 1. The maximum Gasteiger partial charge on any atom is 0.323 e. The van der Waals surface area contributed by atoms with Gasteiger partial charge in [0.2, 0.25) is 0 Å². The number of hydrogen-bond donors (Lipinski definition) is 3. The molecule has 0 aliphatic heterocycles. The predicted molar refractivity (Wildman–Crippen MR) is 127 cm³/mol. The van der Waals surface area contributed by atoms with Crippen LogP contribution in [0.1, 0.15) is 0 Å². The molecule has 13 heteroatoms. The van der Waals surface area contributed by atoms with Crippen LogP contribution in [0.15, 0.2) is 53.4 Å². The normalized spacial score (nSPS) is 11.2. The molecule has 168 valence electrons. The van der Waals surface area contributed by atoms with Crippen LogP contribution in [0.2, 0.25) is 25.1 Å². The van der Waals surface area contributed by atoms with Gasteiger partial charge in [0, 0.05) is 10.0 Å². The summed E-state index contributed by atoms with van der Waals surface area (Å²) >= 11 is 29.7. The van der Waals surface area contributed by atoms with E-state index in [4.69, 9.17) is 62.7 Å². The highest BCUT2D eigenvalue weighted by Gasteiger charge is 2.20. The lowest BCUT2D eigenvalue weighted by molar-refractivity contribution is 0.262. The van der Waals surface area contributed by atoms with Gasteiger partial charge in [0.05, 0.1) is 26.4 Å². The average Bonchev–Trinajstić information content (AvgIpc) is 2.68. The summed E-state index contributed by atoms with van der Waals surface area (Å²) in [7, 11) is -4.65. The fourth-order valence-corrected chi connectivity index (χ4v) is 4.11. The molecule has 0 unspecified atom stereocenters. The number of rotatable bonds is 5. The second-order valence-corrected chi connectivity index (χ2v) is 9.62. The van der Waals surface area contributed by atoms with Crippen molar-refractivity contribution in [3.05, 3.63) is 73.6 Å². The lowest BCUT2D eigenvalue weighted by Crippen LogP contribution is -2.20. The van der Waals surface area contributed by atoms with E-state index in [1.807, 2.05) is 0 Å². The van der Waals surface area contributed by atoms with Gasteiger partial charge in [0.25, 0.3) is 10.1 Å². The first-order valence-electron chi connectivity index (χ1n) is 8.41. The highest BCUT2D eigenvalue weighted by atomic mass is 35.5. The standard InChI is InChI=1S/C19H11Cl5N2O5S/c20-9-1-3-16(31-17-4-2-10(21)6-18(17)32(28,29)30)15(5-9)26-19(27)25-14-8-12(23)11(22)7-13(14)24/h1-8H,(H2,25,26,27)(H,28,29,30). The summed E-state index contributed by atoms with van der Waals surface area (Å²) in [6, 6.07) is 9.87. The highest BCUT2D eigenvalue weighted by molar-refractivity contribution is 7.86. The maximum absolute atomic E-state index is 12.5. The third kappa shape index (κ3) is 6.11. The zero-order chi connectivity index (χ0) is 23.6. The number of hydrogen-bond acceptors (Lipinski definition) is 4. The second-order valence-electron chi connectivity index (χ2n) is 6.13. The van der Waals surface area contributed by atoms with Crippen LogP contribution in [0.3, 0.4) is 0 Å². The van der Waals surface area contributed by atoms with Gasteiger partial charge in [-0.2, -0.15) is 8.42 Å². The molecular weight excluding hydrogens is 546 g/mol. The second kappa shape index (κ2) is 9.93. The number of benzene rings is 3. The molecule has 0 spiro atoms. The fraction of sp³-hybridized carbons (Fsp3) is 0. The van der Waals surface area contributed by atoms with Crippen molar-refractivity contribution in [1.82, 2.24) is 0 Å². The molecule has 0 saturated carbocycles. The number of anilines is 2. The quantitative estimate of drug-likeness (QED) is 0.221. The molecule has 7 nitrogen and oxygen atoms in total. The highest BCUT2D eigenvalue weighted by Crippen LogP contribution is 2.37. The smallest absolute Gasteiger partial charge is 0.323 e. The summed E-state index contributed by atoms with van der Waals surface area (Å²) in [4.78, 5) is 12.0. The zero-order valence-electron chi connectivity index (χ0n) is 15.5. The molecule has 0 atom stereocenters. The third-order valence-corrected chi connectivity index (χ3v) is 6.23. The summed E-state index contributed by atoms with van der Waals surface area (Å²) in [5, 5.41) is 5.89. The Morgan fingerprint density at radius 3 is 1.97 bits per heavy atom. The van der Waals surface area contributed by atoms with E-state index in [0.29, 0.717) is 0 Å². The SMILES string of the molecule is O=C(Nc1cc(Cl)c(Cl)cc1Cl)Nc1cc(Cl)ccc1Oc1ccc(Cl)cc1S(=O)(=O)O. The van der Waals surface area contributed by atoms with Crippen molar-refractivity contribution in [2.75, 3.05) is 10.6 Å². The molecule has 3 aromatic carbocycles. The van der Waals surface area contributed by atoms with Gasteiger partial charge < -0.3 is 15.4 Å². The summed E-state index contributed by atoms with van der Waals surface area (Å²) < 4.78 is 38.5. The Morgan fingerprint density at radius 1 is 0.750 bits per heavy atom. The first-order valence-corrected chi connectivity index (χ1v) is 11.7. The first-order chi connectivity index (χ1) is 14.9. The van der Waals surface area contributed by atoms with Crippen LogP contribution >= 0.6 is 58.0 Å². The molecular formula is C19H11Cl5N2O5S. The Labute approximate surface area is 207 Å². The van der Waals surface area contributed by atoms with Gasteiger partial charge in [-0.05, 0) is 48.5 Å². The number of carbonyl (C=O) groups is 1. The van der Waals surface area contributed by atoms with E-state index in [2.05, 4.69) is 10.6 Å². The fourth-order valence-electron chi connectivity index (χ4n) is 2.47. The molecule has 0 aromatic heterocycles. The van der Waals surface area contributed by atoms with Crippen molar-refractivity contribution in [3.8, 4) is 11.5 Å². The van der Waals surface area contributed by atoms with Crippen molar-refractivity contribution in [2.45, 2.75) is 4.90 Å². The lowest BCUT2D eigenvalue weighted by Gasteiger charge is -2.15. The number of carbonyl (C=O) groups excluding carboxylic acids is 1. The van der Waals surface area contributed by atoms with E-state index in [-0.39, 0.29) is 48.0 Å². The van der Waals surface area contributed by atoms with Crippen LogP contribution in [0, 0.1) is 0 Å². The Morgan fingerprint density at radius 2 is 1.31 bits per heavy atom. The van der Waals surface area contributed by atoms with Crippen LogP contribution in [-0.2, 0) is 10.1 Å². The van der Waals surface area contributed by atoms with E-state index >= 15 is 0 Å². The van der Waals surface area contributed by atoms with E-state index in [1.165, 1.54) is 42.5 Å². The van der Waals surface area contributed by atoms with Crippen LogP contribution < -0.4 is 15.4 Å². The van der Waals surface area contributed by atoms with Crippen LogP contribution in [-0.4, -0.2) is 19.0 Å². The predicted octanol–water partition coefficient (Wildman–Crippen LogP) is 7.64. The van der Waals surface area contributed by atoms with Crippen molar-refractivity contribution in [1.29, 1.82) is 0 Å². The maximum atomic E-state index is 12.5. The minimum Gasteiger partial charge on any atom is -0.454 e. The molecule has 0 fully saturated rings. The first kappa shape index (κ1) is 24.7. The van der Waals surface area contributed by atoms with Crippen LogP contribution in [0.5, 0.6) is 11.5 Å². The molecule has 3 aromatic rings.